The van der Waals surface area contributed by atoms with E-state index in [1.165, 1.54) is 19.2 Å². The van der Waals surface area contributed by atoms with Gasteiger partial charge in [0.05, 0.1) is 12.7 Å². The number of nitriles is 1. The molecule has 1 aromatic rings. The number of methoxy groups -OCH3 is 1. The van der Waals surface area contributed by atoms with E-state index < -0.39 is 11.8 Å². The van der Waals surface area contributed by atoms with Gasteiger partial charge in [0, 0.05) is 5.69 Å². The molecule has 0 atom stereocenters. The summed E-state index contributed by atoms with van der Waals surface area (Å²) < 4.78 is 17.3. The highest BCUT2D eigenvalue weighted by molar-refractivity contribution is 5.74. The monoisotopic (exact) mass is 208 g/mol. The molecular formula is C10H9FN2O2. The molecule has 0 aromatic heterocycles. The Morgan fingerprint density at radius 2 is 2.40 bits per heavy atom. The van der Waals surface area contributed by atoms with Crippen molar-refractivity contribution in [2.24, 2.45) is 0 Å². The first-order chi connectivity index (χ1) is 7.17. The Bertz CT molecular complexity index is 412. The summed E-state index contributed by atoms with van der Waals surface area (Å²) in [6, 6.07) is 5.65. The molecule has 0 aliphatic heterocycles. The van der Waals surface area contributed by atoms with E-state index >= 15 is 0 Å². The lowest BCUT2D eigenvalue weighted by molar-refractivity contribution is -0.138. The average Bonchev–Trinajstić information content (AvgIpc) is 2.27. The van der Waals surface area contributed by atoms with E-state index in [1.807, 2.05) is 0 Å². The van der Waals surface area contributed by atoms with Crippen molar-refractivity contribution in [3.63, 3.8) is 0 Å². The summed E-state index contributed by atoms with van der Waals surface area (Å²) in [7, 11) is 1.27. The first kappa shape index (κ1) is 11.0. The molecule has 78 valence electrons. The van der Waals surface area contributed by atoms with Crippen LogP contribution in [-0.4, -0.2) is 19.6 Å². The number of benzene rings is 1. The summed E-state index contributed by atoms with van der Waals surface area (Å²) in [5.74, 6) is -1.01. The van der Waals surface area contributed by atoms with Crippen LogP contribution in [0.25, 0.3) is 0 Å². The van der Waals surface area contributed by atoms with Crippen LogP contribution >= 0.6 is 0 Å². The molecule has 0 amide bonds. The molecule has 4 nitrogen and oxygen atoms in total. The van der Waals surface area contributed by atoms with Gasteiger partial charge in [-0.05, 0) is 18.2 Å². The standard InChI is InChI=1S/C10H9FN2O2/c1-15-10(14)6-13-8-2-3-9(11)7(4-8)5-12/h2-4,13H,6H2,1H3. The summed E-state index contributed by atoms with van der Waals surface area (Å²) in [6.45, 7) is -0.0208. The topological polar surface area (TPSA) is 62.1 Å². The first-order valence-electron chi connectivity index (χ1n) is 4.17. The van der Waals surface area contributed by atoms with Crippen molar-refractivity contribution in [2.75, 3.05) is 19.0 Å². The third kappa shape index (κ3) is 2.95. The number of hydrogen-bond donors (Lipinski definition) is 1. The number of hydrogen-bond acceptors (Lipinski definition) is 4. The highest BCUT2D eigenvalue weighted by Crippen LogP contribution is 2.13. The van der Waals surface area contributed by atoms with Gasteiger partial charge in [-0.1, -0.05) is 0 Å². The van der Waals surface area contributed by atoms with Crippen LogP contribution in [0.15, 0.2) is 18.2 Å². The van der Waals surface area contributed by atoms with Crippen LogP contribution in [0.1, 0.15) is 5.56 Å². The number of carbonyl (C=O) groups is 1. The van der Waals surface area contributed by atoms with Gasteiger partial charge < -0.3 is 10.1 Å². The van der Waals surface area contributed by atoms with Gasteiger partial charge in [-0.15, -0.1) is 0 Å². The molecule has 0 aliphatic carbocycles. The lowest BCUT2D eigenvalue weighted by atomic mass is 10.2. The normalized spacial score (nSPS) is 9.13. The Kier molecular flexibility index (Phi) is 3.63. The molecule has 0 saturated carbocycles. The van der Waals surface area contributed by atoms with E-state index in [0.29, 0.717) is 5.69 Å². The summed E-state index contributed by atoms with van der Waals surface area (Å²) in [5.41, 5.74) is 0.434. The Morgan fingerprint density at radius 3 is 3.00 bits per heavy atom. The van der Waals surface area contributed by atoms with E-state index in [9.17, 15) is 9.18 Å². The molecular weight excluding hydrogens is 199 g/mol. The van der Waals surface area contributed by atoms with Crippen molar-refractivity contribution < 1.29 is 13.9 Å². The molecule has 0 saturated heterocycles. The largest absolute Gasteiger partial charge is 0.468 e. The van der Waals surface area contributed by atoms with Crippen molar-refractivity contribution >= 4 is 11.7 Å². The minimum absolute atomic E-state index is 0.0208. The number of carbonyl (C=O) groups excluding carboxylic acids is 1. The van der Waals surface area contributed by atoms with Gasteiger partial charge in [0.15, 0.2) is 0 Å². The third-order valence-electron chi connectivity index (χ3n) is 1.75. The number of rotatable bonds is 3. The zero-order valence-corrected chi connectivity index (χ0v) is 8.08. The van der Waals surface area contributed by atoms with Crippen molar-refractivity contribution in [1.82, 2.24) is 0 Å². The van der Waals surface area contributed by atoms with Gasteiger partial charge in [-0.2, -0.15) is 5.26 Å². The lowest BCUT2D eigenvalue weighted by Gasteiger charge is -2.05. The number of ether oxygens (including phenoxy) is 1. The Hall–Kier alpha value is -2.09. The maximum Gasteiger partial charge on any atom is 0.325 e. The van der Waals surface area contributed by atoms with Crippen LogP contribution in [0.5, 0.6) is 0 Å². The molecule has 0 unspecified atom stereocenters. The van der Waals surface area contributed by atoms with Crippen molar-refractivity contribution in [3.05, 3.63) is 29.6 Å². The predicted octanol–water partition coefficient (Wildman–Crippen LogP) is 1.28. The minimum Gasteiger partial charge on any atom is -0.468 e. The fourth-order valence-electron chi connectivity index (χ4n) is 0.967. The lowest BCUT2D eigenvalue weighted by Crippen LogP contribution is -2.15. The maximum atomic E-state index is 12.9. The molecule has 0 fully saturated rings. The highest BCUT2D eigenvalue weighted by atomic mass is 19.1. The Morgan fingerprint density at radius 1 is 1.67 bits per heavy atom. The van der Waals surface area contributed by atoms with Crippen LogP contribution in [0.4, 0.5) is 10.1 Å². The molecule has 1 aromatic carbocycles. The number of halogens is 1. The summed E-state index contributed by atoms with van der Waals surface area (Å²) in [4.78, 5) is 10.8. The van der Waals surface area contributed by atoms with Crippen LogP contribution in [0.2, 0.25) is 0 Å². The molecule has 0 bridgehead atoms. The average molecular weight is 208 g/mol. The second-order valence-corrected chi connectivity index (χ2v) is 2.74. The number of esters is 1. The van der Waals surface area contributed by atoms with Crippen molar-refractivity contribution in [3.8, 4) is 6.07 Å². The summed E-state index contributed by atoms with van der Waals surface area (Å²) >= 11 is 0. The Balaban J connectivity index is 2.71. The third-order valence-corrected chi connectivity index (χ3v) is 1.75. The fourth-order valence-corrected chi connectivity index (χ4v) is 0.967. The second-order valence-electron chi connectivity index (χ2n) is 2.74. The van der Waals surface area contributed by atoms with E-state index in [1.54, 1.807) is 6.07 Å². The molecule has 1 rings (SSSR count). The number of nitrogens with one attached hydrogen (secondary N) is 1. The van der Waals surface area contributed by atoms with Gasteiger partial charge in [0.1, 0.15) is 18.4 Å². The quantitative estimate of drug-likeness (QED) is 0.760. The SMILES string of the molecule is COC(=O)CNc1ccc(F)c(C#N)c1. The van der Waals surface area contributed by atoms with E-state index in [4.69, 9.17) is 5.26 Å². The smallest absolute Gasteiger partial charge is 0.325 e. The summed E-state index contributed by atoms with van der Waals surface area (Å²) in [6.07, 6.45) is 0. The number of nitrogens with zero attached hydrogens (tertiary/aromatic N) is 1. The molecule has 0 heterocycles. The van der Waals surface area contributed by atoms with Gasteiger partial charge in [-0.25, -0.2) is 4.39 Å². The maximum absolute atomic E-state index is 12.9. The van der Waals surface area contributed by atoms with Crippen LogP contribution in [-0.2, 0) is 9.53 Å². The van der Waals surface area contributed by atoms with Crippen molar-refractivity contribution in [1.29, 1.82) is 5.26 Å². The minimum atomic E-state index is -0.582. The molecule has 0 spiro atoms. The van der Waals surface area contributed by atoms with Gasteiger partial charge in [-0.3, -0.25) is 4.79 Å². The molecule has 15 heavy (non-hydrogen) atoms. The fraction of sp³-hybridized carbons (Fsp3) is 0.200. The zero-order chi connectivity index (χ0) is 11.3. The predicted molar refractivity (Wildman–Crippen MR) is 51.6 cm³/mol. The molecule has 0 radical (unpaired) electrons. The zero-order valence-electron chi connectivity index (χ0n) is 8.08. The highest BCUT2D eigenvalue weighted by Gasteiger charge is 2.04. The number of anilines is 1. The van der Waals surface area contributed by atoms with Gasteiger partial charge in [0.25, 0.3) is 0 Å². The van der Waals surface area contributed by atoms with Crippen LogP contribution in [0, 0.1) is 17.1 Å². The van der Waals surface area contributed by atoms with E-state index in [2.05, 4.69) is 10.1 Å². The van der Waals surface area contributed by atoms with Crippen LogP contribution in [0.3, 0.4) is 0 Å². The summed E-state index contributed by atoms with van der Waals surface area (Å²) in [5, 5.41) is 11.3. The van der Waals surface area contributed by atoms with Crippen LogP contribution < -0.4 is 5.32 Å². The Labute approximate surface area is 86.3 Å². The van der Waals surface area contributed by atoms with E-state index in [0.717, 1.165) is 6.07 Å². The van der Waals surface area contributed by atoms with Gasteiger partial charge in [0.2, 0.25) is 0 Å². The molecule has 0 aliphatic rings. The molecule has 5 heteroatoms. The van der Waals surface area contributed by atoms with Gasteiger partial charge >= 0.3 is 5.97 Å². The van der Waals surface area contributed by atoms with E-state index in [-0.39, 0.29) is 12.1 Å². The second kappa shape index (κ2) is 4.96. The van der Waals surface area contributed by atoms with Crippen molar-refractivity contribution in [2.45, 2.75) is 0 Å². The molecule has 1 N–H and O–H groups in total. The first-order valence-corrected chi connectivity index (χ1v) is 4.17.